The minimum Gasteiger partial charge on any atom is -0.507 e. The van der Waals surface area contributed by atoms with E-state index in [0.717, 1.165) is 5.56 Å². The third-order valence-corrected chi connectivity index (χ3v) is 2.96. The fourth-order valence-corrected chi connectivity index (χ4v) is 1.86. The van der Waals surface area contributed by atoms with E-state index < -0.39 is 5.91 Å². The van der Waals surface area contributed by atoms with Crippen molar-refractivity contribution in [1.29, 1.82) is 0 Å². The average Bonchev–Trinajstić information content (AvgIpc) is 3.03. The first kappa shape index (κ1) is 13.7. The number of carbonyl (C=O) groups excluding carboxylic acids is 1. The van der Waals surface area contributed by atoms with E-state index in [1.165, 1.54) is 12.1 Å². The molecule has 7 nitrogen and oxygen atoms in total. The lowest BCUT2D eigenvalue weighted by Crippen LogP contribution is -2.23. The van der Waals surface area contributed by atoms with Gasteiger partial charge in [-0.25, -0.2) is 0 Å². The number of phenolic OH excluding ortho intramolecular Hbond substituents is 1. The molecule has 0 atom stereocenters. The molecule has 0 fully saturated rings. The zero-order valence-corrected chi connectivity index (χ0v) is 11.4. The molecule has 2 N–H and O–H groups in total. The second kappa shape index (κ2) is 6.04. The number of nitrogens with zero attached hydrogens (tertiary/aromatic N) is 3. The highest BCUT2D eigenvalue weighted by Crippen LogP contribution is 2.16. The number of nitrogens with one attached hydrogen (secondary N) is 1. The Balaban J connectivity index is 1.67. The van der Waals surface area contributed by atoms with Crippen molar-refractivity contribution in [1.82, 2.24) is 20.4 Å². The number of hydrogen-bond donors (Lipinski definition) is 2. The molecule has 2 aromatic heterocycles. The van der Waals surface area contributed by atoms with Gasteiger partial charge in [0.25, 0.3) is 5.91 Å². The standard InChI is InChI=1S/C15H12N4O3/c20-12-4-2-1-3-11(12)15(21)17-9-13-18-14(19-22-13)10-5-7-16-8-6-10/h1-8,20H,9H2,(H,17,21). The van der Waals surface area contributed by atoms with Gasteiger partial charge in [0.1, 0.15) is 5.75 Å². The Morgan fingerprint density at radius 1 is 1.18 bits per heavy atom. The summed E-state index contributed by atoms with van der Waals surface area (Å²) in [6.45, 7) is 0.0747. The Bertz CT molecular complexity index is 786. The molecule has 1 amide bonds. The Morgan fingerprint density at radius 2 is 1.95 bits per heavy atom. The number of benzene rings is 1. The van der Waals surface area contributed by atoms with Gasteiger partial charge in [-0.3, -0.25) is 9.78 Å². The van der Waals surface area contributed by atoms with E-state index in [1.54, 1.807) is 36.7 Å². The van der Waals surface area contributed by atoms with Crippen LogP contribution in [0.3, 0.4) is 0 Å². The largest absolute Gasteiger partial charge is 0.507 e. The van der Waals surface area contributed by atoms with Crippen LogP contribution in [0.4, 0.5) is 0 Å². The summed E-state index contributed by atoms with van der Waals surface area (Å²) >= 11 is 0. The summed E-state index contributed by atoms with van der Waals surface area (Å²) in [6.07, 6.45) is 3.26. The maximum atomic E-state index is 11.9. The Kier molecular flexibility index (Phi) is 3.78. The molecule has 3 rings (SSSR count). The van der Waals surface area contributed by atoms with Crippen molar-refractivity contribution < 1.29 is 14.4 Å². The highest BCUT2D eigenvalue weighted by molar-refractivity contribution is 5.96. The molecule has 110 valence electrons. The topological polar surface area (TPSA) is 101 Å². The molecular formula is C15H12N4O3. The number of hydrogen-bond acceptors (Lipinski definition) is 6. The van der Waals surface area contributed by atoms with Crippen LogP contribution >= 0.6 is 0 Å². The molecule has 3 aromatic rings. The van der Waals surface area contributed by atoms with Crippen molar-refractivity contribution in [2.45, 2.75) is 6.54 Å². The van der Waals surface area contributed by atoms with E-state index in [9.17, 15) is 9.90 Å². The van der Waals surface area contributed by atoms with E-state index in [4.69, 9.17) is 4.52 Å². The summed E-state index contributed by atoms with van der Waals surface area (Å²) in [6, 6.07) is 9.81. The lowest BCUT2D eigenvalue weighted by atomic mass is 10.2. The van der Waals surface area contributed by atoms with Crippen LogP contribution in [0.5, 0.6) is 5.75 Å². The molecule has 0 spiro atoms. The van der Waals surface area contributed by atoms with Crippen molar-refractivity contribution >= 4 is 5.91 Å². The molecule has 7 heteroatoms. The van der Waals surface area contributed by atoms with Gasteiger partial charge in [0.05, 0.1) is 12.1 Å². The van der Waals surface area contributed by atoms with Crippen LogP contribution < -0.4 is 5.32 Å². The highest BCUT2D eigenvalue weighted by atomic mass is 16.5. The number of para-hydroxylation sites is 1. The quantitative estimate of drug-likeness (QED) is 0.761. The van der Waals surface area contributed by atoms with Gasteiger partial charge in [-0.05, 0) is 24.3 Å². The van der Waals surface area contributed by atoms with Crippen molar-refractivity contribution in [2.75, 3.05) is 0 Å². The fraction of sp³-hybridized carbons (Fsp3) is 0.0667. The lowest BCUT2D eigenvalue weighted by molar-refractivity contribution is 0.0943. The van der Waals surface area contributed by atoms with Crippen LogP contribution in [0.2, 0.25) is 0 Å². The van der Waals surface area contributed by atoms with Gasteiger partial charge >= 0.3 is 0 Å². The predicted molar refractivity (Wildman–Crippen MR) is 76.8 cm³/mol. The smallest absolute Gasteiger partial charge is 0.255 e. The van der Waals surface area contributed by atoms with Gasteiger partial charge in [0, 0.05) is 18.0 Å². The van der Waals surface area contributed by atoms with Crippen molar-refractivity contribution in [3.8, 4) is 17.1 Å². The van der Waals surface area contributed by atoms with E-state index in [0.29, 0.717) is 5.82 Å². The summed E-state index contributed by atoms with van der Waals surface area (Å²) in [4.78, 5) is 20.0. The zero-order chi connectivity index (χ0) is 15.4. The Labute approximate surface area is 125 Å². The molecular weight excluding hydrogens is 284 g/mol. The third-order valence-electron chi connectivity index (χ3n) is 2.96. The van der Waals surface area contributed by atoms with Gasteiger partial charge < -0.3 is 14.9 Å². The van der Waals surface area contributed by atoms with E-state index in [2.05, 4.69) is 20.4 Å². The van der Waals surface area contributed by atoms with Gasteiger partial charge in [-0.2, -0.15) is 4.98 Å². The lowest BCUT2D eigenvalue weighted by Gasteiger charge is -2.03. The van der Waals surface area contributed by atoms with E-state index in [1.807, 2.05) is 0 Å². The number of pyridine rings is 1. The van der Waals surface area contributed by atoms with Crippen LogP contribution in [0.15, 0.2) is 53.3 Å². The predicted octanol–water partition coefficient (Wildman–Crippen LogP) is 1.77. The van der Waals surface area contributed by atoms with Crippen LogP contribution in [0, 0.1) is 0 Å². The zero-order valence-electron chi connectivity index (χ0n) is 11.4. The van der Waals surface area contributed by atoms with Gasteiger partial charge in [-0.15, -0.1) is 0 Å². The summed E-state index contributed by atoms with van der Waals surface area (Å²) in [5, 5.41) is 16.1. The minimum absolute atomic E-state index is 0.0747. The monoisotopic (exact) mass is 296 g/mol. The number of amides is 1. The second-order valence-corrected chi connectivity index (χ2v) is 4.45. The molecule has 0 saturated carbocycles. The molecule has 1 aromatic carbocycles. The summed E-state index contributed by atoms with van der Waals surface area (Å²) < 4.78 is 5.08. The van der Waals surface area contributed by atoms with Crippen molar-refractivity contribution in [3.05, 3.63) is 60.2 Å². The van der Waals surface area contributed by atoms with Crippen LogP contribution in [-0.2, 0) is 6.54 Å². The van der Waals surface area contributed by atoms with Crippen LogP contribution in [0.1, 0.15) is 16.2 Å². The summed E-state index contributed by atoms with van der Waals surface area (Å²) in [5.74, 6) is 0.203. The number of aromatic hydroxyl groups is 1. The molecule has 0 aliphatic rings. The Morgan fingerprint density at radius 3 is 2.73 bits per heavy atom. The van der Waals surface area contributed by atoms with Gasteiger partial charge in [0.2, 0.25) is 11.7 Å². The number of rotatable bonds is 4. The molecule has 0 saturated heterocycles. The molecule has 0 aliphatic carbocycles. The number of carbonyl (C=O) groups is 1. The van der Waals surface area contributed by atoms with Gasteiger partial charge in [0.15, 0.2) is 0 Å². The normalized spacial score (nSPS) is 10.4. The average molecular weight is 296 g/mol. The molecule has 0 bridgehead atoms. The summed E-state index contributed by atoms with van der Waals surface area (Å²) in [7, 11) is 0. The second-order valence-electron chi connectivity index (χ2n) is 4.45. The summed E-state index contributed by atoms with van der Waals surface area (Å²) in [5.41, 5.74) is 0.966. The molecule has 0 radical (unpaired) electrons. The van der Waals surface area contributed by atoms with Crippen molar-refractivity contribution in [3.63, 3.8) is 0 Å². The number of aromatic nitrogens is 3. The number of phenols is 1. The molecule has 0 unspecified atom stereocenters. The SMILES string of the molecule is O=C(NCc1nc(-c2ccncc2)no1)c1ccccc1O. The van der Waals surface area contributed by atoms with E-state index in [-0.39, 0.29) is 23.7 Å². The maximum absolute atomic E-state index is 11.9. The third kappa shape index (κ3) is 2.93. The minimum atomic E-state index is -0.415. The molecule has 22 heavy (non-hydrogen) atoms. The highest BCUT2D eigenvalue weighted by Gasteiger charge is 2.12. The first-order valence-electron chi connectivity index (χ1n) is 6.53. The van der Waals surface area contributed by atoms with Gasteiger partial charge in [-0.1, -0.05) is 17.3 Å². The fourth-order valence-electron chi connectivity index (χ4n) is 1.86. The van der Waals surface area contributed by atoms with E-state index >= 15 is 0 Å². The van der Waals surface area contributed by atoms with Crippen molar-refractivity contribution in [2.24, 2.45) is 0 Å². The Hall–Kier alpha value is -3.22. The molecule has 0 aliphatic heterocycles. The first-order valence-corrected chi connectivity index (χ1v) is 6.53. The first-order chi connectivity index (χ1) is 10.7. The van der Waals surface area contributed by atoms with Crippen LogP contribution in [-0.4, -0.2) is 26.1 Å². The maximum Gasteiger partial charge on any atom is 0.255 e. The molecule has 2 heterocycles. The van der Waals surface area contributed by atoms with Crippen LogP contribution in [0.25, 0.3) is 11.4 Å².